The van der Waals surface area contributed by atoms with Gasteiger partial charge in [0.15, 0.2) is 0 Å². The fraction of sp³-hybridized carbons (Fsp3) is 0.500. The predicted octanol–water partition coefficient (Wildman–Crippen LogP) is 7.39. The molecule has 0 unspecified atom stereocenters. The van der Waals surface area contributed by atoms with Crippen LogP contribution in [0.1, 0.15) is 106 Å². The van der Waals surface area contributed by atoms with Gasteiger partial charge in [0.1, 0.15) is 0 Å². The van der Waals surface area contributed by atoms with Crippen LogP contribution in [-0.4, -0.2) is 20.2 Å². The van der Waals surface area contributed by atoms with E-state index in [2.05, 4.69) is 126 Å². The Labute approximate surface area is 249 Å². The number of pyridine rings is 2. The molecular weight excluding hydrogens is 663 g/mol. The van der Waals surface area contributed by atoms with E-state index in [-0.39, 0.29) is 42.7 Å². The molecule has 0 aliphatic carbocycles. The van der Waals surface area contributed by atoms with Gasteiger partial charge in [-0.2, -0.15) is 0 Å². The SMILES string of the molecule is CC(C)(C)c1ccc(-c2cc(C(C)(C)C)n[n-]2)nc1.CC(C)(C)c1ccc(-c2cc(C(C)(C)C)n[n-]2)nc1.[Pt+2]. The van der Waals surface area contributed by atoms with Crippen molar-refractivity contribution < 1.29 is 21.1 Å². The molecule has 4 aromatic heterocycles. The maximum Gasteiger partial charge on any atom is 2.00 e. The second-order valence-electron chi connectivity index (χ2n) is 14.1. The average Bonchev–Trinajstić information content (AvgIpc) is 3.49. The molecule has 0 saturated carbocycles. The van der Waals surface area contributed by atoms with Gasteiger partial charge in [0.05, 0.1) is 0 Å². The summed E-state index contributed by atoms with van der Waals surface area (Å²) in [7, 11) is 0. The van der Waals surface area contributed by atoms with Crippen LogP contribution in [0.5, 0.6) is 0 Å². The molecule has 0 spiro atoms. The zero-order valence-corrected chi connectivity index (χ0v) is 27.9. The molecule has 4 heterocycles. The van der Waals surface area contributed by atoms with E-state index < -0.39 is 0 Å². The summed E-state index contributed by atoms with van der Waals surface area (Å²) in [6.07, 6.45) is 3.86. The van der Waals surface area contributed by atoms with Crippen molar-refractivity contribution in [3.63, 3.8) is 0 Å². The van der Waals surface area contributed by atoms with Crippen molar-refractivity contribution in [1.29, 1.82) is 0 Å². The minimum absolute atomic E-state index is 0. The van der Waals surface area contributed by atoms with Crippen LogP contribution < -0.4 is 10.2 Å². The van der Waals surface area contributed by atoms with Crippen LogP contribution in [-0.2, 0) is 42.7 Å². The van der Waals surface area contributed by atoms with Crippen LogP contribution in [0.25, 0.3) is 22.8 Å². The van der Waals surface area contributed by atoms with Gasteiger partial charge >= 0.3 is 21.1 Å². The molecule has 0 radical (unpaired) electrons. The van der Waals surface area contributed by atoms with Gasteiger partial charge < -0.3 is 20.4 Å². The summed E-state index contributed by atoms with van der Waals surface area (Å²) in [5, 5.41) is 17.0. The fourth-order valence-corrected chi connectivity index (χ4v) is 3.55. The maximum absolute atomic E-state index is 4.51. The van der Waals surface area contributed by atoms with Crippen molar-refractivity contribution in [3.8, 4) is 22.8 Å². The Balaban J connectivity index is 0.000000267. The van der Waals surface area contributed by atoms with Crippen LogP contribution in [0.2, 0.25) is 0 Å². The van der Waals surface area contributed by atoms with E-state index in [9.17, 15) is 0 Å². The van der Waals surface area contributed by atoms with E-state index in [1.807, 2.05) is 36.7 Å². The van der Waals surface area contributed by atoms with E-state index in [1.165, 1.54) is 11.1 Å². The van der Waals surface area contributed by atoms with Crippen molar-refractivity contribution in [2.45, 2.75) is 105 Å². The molecule has 39 heavy (non-hydrogen) atoms. The summed E-state index contributed by atoms with van der Waals surface area (Å²) in [6, 6.07) is 12.3. The quantitative estimate of drug-likeness (QED) is 0.216. The summed E-state index contributed by atoms with van der Waals surface area (Å²) in [4.78, 5) is 9.02. The first-order chi connectivity index (χ1) is 17.4. The zero-order valence-electron chi connectivity index (χ0n) is 25.6. The Hall–Kier alpha value is -2.59. The maximum atomic E-state index is 4.51. The molecule has 0 bridgehead atoms. The molecule has 0 fully saturated rings. The van der Waals surface area contributed by atoms with Crippen molar-refractivity contribution in [2.75, 3.05) is 0 Å². The summed E-state index contributed by atoms with van der Waals surface area (Å²) < 4.78 is 0. The van der Waals surface area contributed by atoms with Crippen LogP contribution >= 0.6 is 0 Å². The molecule has 4 aromatic rings. The normalized spacial score (nSPS) is 12.4. The van der Waals surface area contributed by atoms with Gasteiger partial charge in [-0.05, 0) is 34.1 Å². The molecule has 0 aliphatic rings. The van der Waals surface area contributed by atoms with E-state index in [0.29, 0.717) is 0 Å². The van der Waals surface area contributed by atoms with E-state index in [0.717, 1.165) is 34.2 Å². The van der Waals surface area contributed by atoms with Crippen LogP contribution in [0, 0.1) is 0 Å². The largest absolute Gasteiger partial charge is 2.00 e. The van der Waals surface area contributed by atoms with Gasteiger partial charge in [0.2, 0.25) is 0 Å². The number of hydrogen-bond acceptors (Lipinski definition) is 4. The molecule has 4 rings (SSSR count). The first kappa shape index (κ1) is 32.6. The van der Waals surface area contributed by atoms with Gasteiger partial charge in [-0.25, -0.2) is 0 Å². The Morgan fingerprint density at radius 3 is 1.03 bits per heavy atom. The third-order valence-electron chi connectivity index (χ3n) is 6.40. The Morgan fingerprint density at radius 2 is 0.821 bits per heavy atom. The van der Waals surface area contributed by atoms with Crippen LogP contribution in [0.3, 0.4) is 0 Å². The molecule has 0 atom stereocenters. The number of hydrogen-bond donors (Lipinski definition) is 0. The van der Waals surface area contributed by atoms with Gasteiger partial charge in [-0.3, -0.25) is 9.97 Å². The summed E-state index contributed by atoms with van der Waals surface area (Å²) in [5.74, 6) is 0. The topological polar surface area (TPSA) is 79.8 Å². The van der Waals surface area contributed by atoms with E-state index in [4.69, 9.17) is 0 Å². The number of aromatic nitrogens is 6. The van der Waals surface area contributed by atoms with E-state index >= 15 is 0 Å². The minimum atomic E-state index is 0. The fourth-order valence-electron chi connectivity index (χ4n) is 3.55. The third-order valence-corrected chi connectivity index (χ3v) is 6.40. The number of rotatable bonds is 2. The van der Waals surface area contributed by atoms with Crippen LogP contribution in [0.15, 0.2) is 48.8 Å². The van der Waals surface area contributed by atoms with Crippen molar-refractivity contribution in [3.05, 3.63) is 71.3 Å². The average molecular weight is 708 g/mol. The molecule has 0 amide bonds. The van der Waals surface area contributed by atoms with Crippen molar-refractivity contribution in [2.24, 2.45) is 0 Å². The molecule has 0 aromatic carbocycles. The van der Waals surface area contributed by atoms with Crippen molar-refractivity contribution in [1.82, 2.24) is 30.4 Å². The molecule has 0 saturated heterocycles. The number of nitrogens with zero attached hydrogens (tertiary/aromatic N) is 6. The van der Waals surface area contributed by atoms with Gasteiger partial charge in [-0.15, -0.1) is 0 Å². The molecule has 0 aliphatic heterocycles. The monoisotopic (exact) mass is 707 g/mol. The Kier molecular flexibility index (Phi) is 9.93. The smallest absolute Gasteiger partial charge is 0.573 e. The summed E-state index contributed by atoms with van der Waals surface area (Å²) in [6.45, 7) is 25.9. The summed E-state index contributed by atoms with van der Waals surface area (Å²) >= 11 is 0. The Bertz CT molecular complexity index is 1210. The molecular formula is C32H44N6Pt. The summed E-state index contributed by atoms with van der Waals surface area (Å²) in [5.41, 5.74) is 8.24. The van der Waals surface area contributed by atoms with Gasteiger partial charge in [0.25, 0.3) is 0 Å². The van der Waals surface area contributed by atoms with Crippen LogP contribution in [0.4, 0.5) is 0 Å². The third kappa shape index (κ3) is 8.70. The first-order valence-corrected chi connectivity index (χ1v) is 13.3. The van der Waals surface area contributed by atoms with Crippen molar-refractivity contribution >= 4 is 0 Å². The van der Waals surface area contributed by atoms with Gasteiger partial charge in [0, 0.05) is 46.0 Å². The first-order valence-electron chi connectivity index (χ1n) is 13.3. The van der Waals surface area contributed by atoms with Gasteiger partial charge in [-0.1, -0.05) is 119 Å². The second kappa shape index (κ2) is 11.9. The second-order valence-corrected chi connectivity index (χ2v) is 14.1. The molecule has 7 heteroatoms. The standard InChI is InChI=1S/2C16H22N3.Pt/c2*1-15(2,3)11-7-8-12(17-10-11)13-9-14(19-18-13)16(4,5)6;/h2*7-10H,1-6H3;/q2*-1;+2. The zero-order chi connectivity index (χ0) is 28.5. The molecule has 6 nitrogen and oxygen atoms in total. The van der Waals surface area contributed by atoms with E-state index in [1.54, 1.807) is 0 Å². The molecule has 212 valence electrons. The predicted molar refractivity (Wildman–Crippen MR) is 156 cm³/mol. The molecule has 0 N–H and O–H groups in total. The minimum Gasteiger partial charge on any atom is -0.573 e. The Morgan fingerprint density at radius 1 is 0.487 bits per heavy atom.